The highest BCUT2D eigenvalue weighted by Gasteiger charge is 2.19. The molecule has 0 spiro atoms. The molecular formula is C28H31FN7O3. The number of aromatic nitrogens is 4. The van der Waals surface area contributed by atoms with Gasteiger partial charge >= 0.3 is 0 Å². The Morgan fingerprint density at radius 3 is 2.92 bits per heavy atom. The monoisotopic (exact) mass is 532 g/mol. The summed E-state index contributed by atoms with van der Waals surface area (Å²) in [5, 5.41) is 13.7. The standard InChI is InChI=1S/C28H31FN7O3/c1-18-6-4-9-36(18)10-5-11-39-25-16-23-22(15-24(25)38-2)28(31-17-30-23)33-26-13-21(34-35-26)14-27(37)32-20-8-3-7-19(29)12-20/h3,7-8,12-13,15-18H,1,4-6,9-11,14H2,2H3,(H,32,37)(H2,30,31,33,34,35)/t18-/m0/s1. The molecule has 1 aliphatic rings. The molecule has 2 aromatic heterocycles. The lowest BCUT2D eigenvalue weighted by Crippen LogP contribution is -2.29. The van der Waals surface area contributed by atoms with Gasteiger partial charge in [-0.3, -0.25) is 9.89 Å². The Morgan fingerprint density at radius 1 is 1.23 bits per heavy atom. The Morgan fingerprint density at radius 2 is 2.13 bits per heavy atom. The number of rotatable bonds is 11. The van der Waals surface area contributed by atoms with Gasteiger partial charge in [0.25, 0.3) is 0 Å². The van der Waals surface area contributed by atoms with E-state index in [2.05, 4.69) is 42.6 Å². The molecule has 1 atom stereocenters. The average Bonchev–Trinajstić information content (AvgIpc) is 3.54. The second-order valence-electron chi connectivity index (χ2n) is 9.42. The first-order valence-electron chi connectivity index (χ1n) is 12.9. The fourth-order valence-electron chi connectivity index (χ4n) is 4.66. The third-order valence-electron chi connectivity index (χ3n) is 6.60. The maximum atomic E-state index is 13.4. The number of carbonyl (C=O) groups excluding carboxylic acids is 1. The molecule has 39 heavy (non-hydrogen) atoms. The predicted octanol–water partition coefficient (Wildman–Crippen LogP) is 4.49. The van der Waals surface area contributed by atoms with Crippen LogP contribution in [0.5, 0.6) is 11.5 Å². The number of ether oxygens (including phenoxy) is 2. The van der Waals surface area contributed by atoms with Crippen molar-refractivity contribution in [3.63, 3.8) is 0 Å². The number of hydrogen-bond donors (Lipinski definition) is 3. The number of carbonyl (C=O) groups is 1. The minimum absolute atomic E-state index is 0.0391. The lowest BCUT2D eigenvalue weighted by Gasteiger charge is -2.20. The van der Waals surface area contributed by atoms with Crippen LogP contribution in [0.4, 0.5) is 21.7 Å². The van der Waals surface area contributed by atoms with Gasteiger partial charge < -0.3 is 25.0 Å². The smallest absolute Gasteiger partial charge is 0.230 e. The number of amides is 1. The van der Waals surface area contributed by atoms with Gasteiger partial charge in [-0.2, -0.15) is 5.10 Å². The van der Waals surface area contributed by atoms with Gasteiger partial charge in [0, 0.05) is 41.5 Å². The number of methoxy groups -OCH3 is 1. The maximum absolute atomic E-state index is 13.4. The number of fused-ring (bicyclic) bond motifs is 1. The lowest BCUT2D eigenvalue weighted by atomic mass is 10.2. The Bertz CT molecular complexity index is 1440. The van der Waals surface area contributed by atoms with E-state index in [1.165, 1.54) is 30.9 Å². The van der Waals surface area contributed by atoms with E-state index >= 15 is 0 Å². The summed E-state index contributed by atoms with van der Waals surface area (Å²) in [4.78, 5) is 23.5. The lowest BCUT2D eigenvalue weighted by molar-refractivity contribution is -0.115. The minimum Gasteiger partial charge on any atom is -0.493 e. The molecule has 4 aromatic rings. The quantitative estimate of drug-likeness (QED) is 0.242. The van der Waals surface area contributed by atoms with Crippen molar-refractivity contribution in [2.24, 2.45) is 0 Å². The van der Waals surface area contributed by atoms with E-state index in [9.17, 15) is 9.18 Å². The van der Waals surface area contributed by atoms with E-state index in [0.717, 1.165) is 31.3 Å². The Kier molecular flexibility index (Phi) is 8.16. The van der Waals surface area contributed by atoms with E-state index < -0.39 is 5.82 Å². The summed E-state index contributed by atoms with van der Waals surface area (Å²) in [5.74, 6) is 1.49. The fraction of sp³-hybridized carbons (Fsp3) is 0.321. The molecule has 3 N–H and O–H groups in total. The molecule has 0 aliphatic carbocycles. The average molecular weight is 533 g/mol. The van der Waals surface area contributed by atoms with Crippen molar-refractivity contribution in [3.8, 4) is 11.5 Å². The first kappa shape index (κ1) is 26.4. The second-order valence-corrected chi connectivity index (χ2v) is 9.42. The molecule has 5 rings (SSSR count). The molecule has 10 nitrogen and oxygen atoms in total. The Hall–Kier alpha value is -4.25. The Balaban J connectivity index is 1.23. The molecule has 0 bridgehead atoms. The number of nitrogens with one attached hydrogen (secondary N) is 3. The maximum Gasteiger partial charge on any atom is 0.230 e. The third kappa shape index (κ3) is 6.61. The van der Waals surface area contributed by atoms with Crippen LogP contribution in [-0.2, 0) is 11.2 Å². The first-order chi connectivity index (χ1) is 19.0. The highest BCUT2D eigenvalue weighted by molar-refractivity contribution is 5.93. The third-order valence-corrected chi connectivity index (χ3v) is 6.60. The van der Waals surface area contributed by atoms with Gasteiger partial charge in [0.2, 0.25) is 5.91 Å². The van der Waals surface area contributed by atoms with Gasteiger partial charge in [0.15, 0.2) is 17.3 Å². The molecule has 2 aromatic carbocycles. The van der Waals surface area contributed by atoms with Crippen molar-refractivity contribution >= 4 is 34.1 Å². The van der Waals surface area contributed by atoms with Crippen LogP contribution >= 0.6 is 0 Å². The summed E-state index contributed by atoms with van der Waals surface area (Å²) in [6.07, 6.45) is 4.75. The molecule has 1 saturated heterocycles. The Labute approximate surface area is 225 Å². The molecular weight excluding hydrogens is 501 g/mol. The van der Waals surface area contributed by atoms with E-state index in [4.69, 9.17) is 9.47 Å². The molecule has 1 radical (unpaired) electrons. The van der Waals surface area contributed by atoms with Crippen LogP contribution in [0.25, 0.3) is 10.9 Å². The SMILES string of the molecule is [CH2][C@H]1CCCN1CCCOc1cc2ncnc(Nc3cc(CC(=O)Nc4cccc(F)c4)[nH]n3)c2cc1OC. The zero-order valence-electron chi connectivity index (χ0n) is 21.7. The molecule has 1 fully saturated rings. The van der Waals surface area contributed by atoms with Crippen LogP contribution in [0.15, 0.2) is 48.8 Å². The zero-order valence-corrected chi connectivity index (χ0v) is 21.7. The highest BCUT2D eigenvalue weighted by Crippen LogP contribution is 2.34. The van der Waals surface area contributed by atoms with Crippen molar-refractivity contribution < 1.29 is 18.7 Å². The van der Waals surface area contributed by atoms with Crippen molar-refractivity contribution in [2.45, 2.75) is 31.7 Å². The molecule has 0 saturated carbocycles. The minimum atomic E-state index is -0.418. The van der Waals surface area contributed by atoms with Gasteiger partial charge in [0.05, 0.1) is 25.7 Å². The number of hydrogen-bond acceptors (Lipinski definition) is 8. The van der Waals surface area contributed by atoms with Crippen LogP contribution in [0.3, 0.4) is 0 Å². The fourth-order valence-corrected chi connectivity index (χ4v) is 4.66. The van der Waals surface area contributed by atoms with Crippen molar-refractivity contribution in [2.75, 3.05) is 37.4 Å². The van der Waals surface area contributed by atoms with Crippen LogP contribution in [0.1, 0.15) is 25.0 Å². The van der Waals surface area contributed by atoms with E-state index in [0.29, 0.717) is 52.7 Å². The van der Waals surface area contributed by atoms with Crippen LogP contribution in [-0.4, -0.2) is 63.8 Å². The number of aromatic amines is 1. The van der Waals surface area contributed by atoms with Crippen molar-refractivity contribution in [3.05, 3.63) is 67.2 Å². The van der Waals surface area contributed by atoms with Crippen LogP contribution < -0.4 is 20.1 Å². The first-order valence-corrected chi connectivity index (χ1v) is 12.9. The molecule has 0 unspecified atom stereocenters. The number of likely N-dealkylation sites (tertiary alicyclic amines) is 1. The van der Waals surface area contributed by atoms with Gasteiger partial charge in [-0.05, 0) is 57.0 Å². The summed E-state index contributed by atoms with van der Waals surface area (Å²) in [7, 11) is 1.59. The van der Waals surface area contributed by atoms with E-state index in [-0.39, 0.29) is 12.3 Å². The number of anilines is 3. The topological polar surface area (TPSA) is 117 Å². The van der Waals surface area contributed by atoms with Gasteiger partial charge in [0.1, 0.15) is 18.0 Å². The van der Waals surface area contributed by atoms with Crippen LogP contribution in [0.2, 0.25) is 0 Å². The normalized spacial score (nSPS) is 15.4. The number of nitrogens with zero attached hydrogens (tertiary/aromatic N) is 4. The number of halogens is 1. The second kappa shape index (κ2) is 12.1. The van der Waals surface area contributed by atoms with E-state index in [1.807, 2.05) is 12.1 Å². The summed E-state index contributed by atoms with van der Waals surface area (Å²) < 4.78 is 25.0. The molecule has 1 aliphatic heterocycles. The number of H-pyrrole nitrogens is 1. The summed E-state index contributed by atoms with van der Waals surface area (Å²) in [6, 6.07) is 11.5. The molecule has 3 heterocycles. The van der Waals surface area contributed by atoms with Gasteiger partial charge in [-0.1, -0.05) is 6.07 Å². The summed E-state index contributed by atoms with van der Waals surface area (Å²) in [5.41, 5.74) is 1.66. The predicted molar refractivity (Wildman–Crippen MR) is 147 cm³/mol. The molecule has 11 heteroatoms. The number of benzene rings is 2. The molecule has 203 valence electrons. The largest absolute Gasteiger partial charge is 0.493 e. The van der Waals surface area contributed by atoms with Gasteiger partial charge in [-0.25, -0.2) is 14.4 Å². The summed E-state index contributed by atoms with van der Waals surface area (Å²) >= 11 is 0. The van der Waals surface area contributed by atoms with Crippen molar-refractivity contribution in [1.29, 1.82) is 0 Å². The summed E-state index contributed by atoms with van der Waals surface area (Å²) in [6.45, 7) is 6.81. The van der Waals surface area contributed by atoms with E-state index in [1.54, 1.807) is 19.2 Å². The van der Waals surface area contributed by atoms with Crippen molar-refractivity contribution in [1.82, 2.24) is 25.1 Å². The zero-order chi connectivity index (χ0) is 27.2. The van der Waals surface area contributed by atoms with Gasteiger partial charge in [-0.15, -0.1) is 0 Å². The molecule has 1 amide bonds. The van der Waals surface area contributed by atoms with Crippen LogP contribution in [0, 0.1) is 12.7 Å². The highest BCUT2D eigenvalue weighted by atomic mass is 19.1.